The predicted octanol–water partition coefficient (Wildman–Crippen LogP) is 5.14. The van der Waals surface area contributed by atoms with Crippen LogP contribution < -0.4 is 10.1 Å². The van der Waals surface area contributed by atoms with E-state index in [0.717, 1.165) is 34.2 Å². The maximum absolute atomic E-state index is 12.8. The zero-order valence-corrected chi connectivity index (χ0v) is 17.4. The molecule has 0 amide bonds. The number of aryl methyl sites for hydroxylation is 2. The number of carbonyl (C=O) groups excluding carboxylic acids is 1. The summed E-state index contributed by atoms with van der Waals surface area (Å²) in [5, 5.41) is 12.1. The number of nitrogens with zero attached hydrogens (tertiary/aromatic N) is 2. The van der Waals surface area contributed by atoms with Gasteiger partial charge in [-0.05, 0) is 55.5 Å². The second kappa shape index (κ2) is 8.32. The Balaban J connectivity index is 1.41. The number of anilines is 2. The number of aromatic nitrogens is 2. The first-order chi connectivity index (χ1) is 13.6. The van der Waals surface area contributed by atoms with Crippen LogP contribution in [0.3, 0.4) is 0 Å². The summed E-state index contributed by atoms with van der Waals surface area (Å²) in [4.78, 5) is 12.8. The van der Waals surface area contributed by atoms with Crippen molar-refractivity contribution in [3.8, 4) is 5.75 Å². The molecule has 1 heterocycles. The minimum absolute atomic E-state index is 0.136. The van der Waals surface area contributed by atoms with Gasteiger partial charge in [0, 0.05) is 17.3 Å². The maximum atomic E-state index is 12.8. The molecule has 0 unspecified atom stereocenters. The summed E-state index contributed by atoms with van der Waals surface area (Å²) in [7, 11) is 1.64. The van der Waals surface area contributed by atoms with E-state index < -0.39 is 0 Å². The summed E-state index contributed by atoms with van der Waals surface area (Å²) in [5.41, 5.74) is 4.38. The summed E-state index contributed by atoms with van der Waals surface area (Å²) in [6.45, 7) is 1.93. The molecule has 1 N–H and O–H groups in total. The van der Waals surface area contributed by atoms with Crippen LogP contribution in [0.1, 0.15) is 34.8 Å². The number of rotatable bonds is 7. The second-order valence-electron chi connectivity index (χ2n) is 6.69. The number of ether oxygens (including phenoxy) is 1. The Hall–Kier alpha value is -2.38. The molecule has 0 spiro atoms. The third kappa shape index (κ3) is 4.20. The molecule has 28 heavy (non-hydrogen) atoms. The Kier molecular flexibility index (Phi) is 5.64. The van der Waals surface area contributed by atoms with Gasteiger partial charge in [-0.25, -0.2) is 0 Å². The van der Waals surface area contributed by atoms with E-state index in [1.165, 1.54) is 40.6 Å². The molecular formula is C21H21N3O2S2. The molecular weight excluding hydrogens is 390 g/mol. The van der Waals surface area contributed by atoms with Gasteiger partial charge in [-0.2, -0.15) is 0 Å². The third-order valence-corrected chi connectivity index (χ3v) is 6.78. The predicted molar refractivity (Wildman–Crippen MR) is 114 cm³/mol. The van der Waals surface area contributed by atoms with Crippen molar-refractivity contribution in [2.24, 2.45) is 0 Å². The molecule has 0 saturated heterocycles. The van der Waals surface area contributed by atoms with Gasteiger partial charge < -0.3 is 10.1 Å². The summed E-state index contributed by atoms with van der Waals surface area (Å²) in [5.74, 6) is 0.912. The highest BCUT2D eigenvalue weighted by Gasteiger charge is 2.21. The Morgan fingerprint density at radius 1 is 1.18 bits per heavy atom. The molecule has 1 atom stereocenters. The molecule has 0 fully saturated rings. The molecule has 1 aliphatic carbocycles. The smallest absolute Gasteiger partial charge is 0.210 e. The number of nitrogens with one attached hydrogen (secondary N) is 1. The number of thioether (sulfide) groups is 1. The van der Waals surface area contributed by atoms with Crippen molar-refractivity contribution >= 4 is 39.7 Å². The number of methoxy groups -OCH3 is 1. The van der Waals surface area contributed by atoms with E-state index in [1.54, 1.807) is 7.11 Å². The molecule has 0 aliphatic heterocycles. The van der Waals surface area contributed by atoms with E-state index in [2.05, 4.69) is 27.6 Å². The van der Waals surface area contributed by atoms with Crippen molar-refractivity contribution in [3.05, 3.63) is 59.2 Å². The van der Waals surface area contributed by atoms with Crippen molar-refractivity contribution in [1.82, 2.24) is 10.2 Å². The number of carbonyl (C=O) groups is 1. The fraction of sp³-hybridized carbons (Fsp3) is 0.286. The number of ketones is 1. The standard InChI is InChI=1S/C21H21N3O2S2/c1-13(19(25)16-10-9-14-5-3-6-15(14)11-16)27-21-24-23-20(28-21)22-17-7-4-8-18(12-17)26-2/h4,7-13H,3,5-6H2,1-2H3,(H,22,23)/t13-/m0/s1. The van der Waals surface area contributed by atoms with E-state index in [4.69, 9.17) is 4.74 Å². The number of Topliss-reactive ketones (excluding diaryl/α,β-unsaturated/α-hetero) is 1. The van der Waals surface area contributed by atoms with Gasteiger partial charge in [-0.3, -0.25) is 4.79 Å². The lowest BCUT2D eigenvalue weighted by Crippen LogP contribution is -2.13. The summed E-state index contributed by atoms with van der Waals surface area (Å²) in [6, 6.07) is 13.8. The van der Waals surface area contributed by atoms with Gasteiger partial charge in [0.1, 0.15) is 5.75 Å². The van der Waals surface area contributed by atoms with Crippen LogP contribution in [-0.4, -0.2) is 28.3 Å². The molecule has 0 radical (unpaired) electrons. The van der Waals surface area contributed by atoms with Crippen molar-refractivity contribution in [1.29, 1.82) is 0 Å². The van der Waals surface area contributed by atoms with Crippen molar-refractivity contribution in [3.63, 3.8) is 0 Å². The van der Waals surface area contributed by atoms with Crippen LogP contribution in [0.5, 0.6) is 5.75 Å². The first-order valence-electron chi connectivity index (χ1n) is 9.19. The van der Waals surface area contributed by atoms with Gasteiger partial charge >= 0.3 is 0 Å². The first-order valence-corrected chi connectivity index (χ1v) is 10.9. The van der Waals surface area contributed by atoms with Crippen LogP contribution in [0.4, 0.5) is 10.8 Å². The summed E-state index contributed by atoms with van der Waals surface area (Å²) >= 11 is 2.89. The largest absolute Gasteiger partial charge is 0.497 e. The van der Waals surface area contributed by atoms with Crippen molar-refractivity contribution in [2.75, 3.05) is 12.4 Å². The van der Waals surface area contributed by atoms with Gasteiger partial charge in [0.25, 0.3) is 0 Å². The van der Waals surface area contributed by atoms with Crippen LogP contribution in [0.25, 0.3) is 0 Å². The minimum Gasteiger partial charge on any atom is -0.497 e. The molecule has 3 aromatic rings. The van der Waals surface area contributed by atoms with Gasteiger partial charge in [-0.1, -0.05) is 41.3 Å². The van der Waals surface area contributed by atoms with Gasteiger partial charge in [0.15, 0.2) is 10.1 Å². The molecule has 0 saturated carbocycles. The Labute approximate surface area is 172 Å². The average Bonchev–Trinajstić information content (AvgIpc) is 3.36. The SMILES string of the molecule is COc1cccc(Nc2nnc(S[C@@H](C)C(=O)c3ccc4c(c3)CCC4)s2)c1. The van der Waals surface area contributed by atoms with E-state index in [0.29, 0.717) is 5.13 Å². The van der Waals surface area contributed by atoms with Gasteiger partial charge in [0.2, 0.25) is 5.13 Å². The molecule has 0 bridgehead atoms. The van der Waals surface area contributed by atoms with Crippen LogP contribution >= 0.6 is 23.1 Å². The fourth-order valence-corrected chi connectivity index (χ4v) is 5.29. The normalized spacial score (nSPS) is 13.8. The topological polar surface area (TPSA) is 64.1 Å². The number of hydrogen-bond donors (Lipinski definition) is 1. The highest BCUT2D eigenvalue weighted by Crippen LogP contribution is 2.33. The quantitative estimate of drug-likeness (QED) is 0.429. The van der Waals surface area contributed by atoms with E-state index in [9.17, 15) is 4.79 Å². The zero-order valence-electron chi connectivity index (χ0n) is 15.8. The molecule has 5 nitrogen and oxygen atoms in total. The summed E-state index contributed by atoms with van der Waals surface area (Å²) in [6.07, 6.45) is 3.39. The highest BCUT2D eigenvalue weighted by molar-refractivity contribution is 8.02. The third-order valence-electron chi connectivity index (χ3n) is 4.76. The lowest BCUT2D eigenvalue weighted by molar-refractivity contribution is 0.0994. The molecule has 4 rings (SSSR count). The number of benzene rings is 2. The maximum Gasteiger partial charge on any atom is 0.210 e. The highest BCUT2D eigenvalue weighted by atomic mass is 32.2. The molecule has 1 aliphatic rings. The van der Waals surface area contributed by atoms with Gasteiger partial charge in [-0.15, -0.1) is 10.2 Å². The monoisotopic (exact) mass is 411 g/mol. The van der Waals surface area contributed by atoms with Gasteiger partial charge in [0.05, 0.1) is 12.4 Å². The van der Waals surface area contributed by atoms with Crippen LogP contribution in [0.2, 0.25) is 0 Å². The number of hydrogen-bond acceptors (Lipinski definition) is 7. The molecule has 144 valence electrons. The Morgan fingerprint density at radius 2 is 2.04 bits per heavy atom. The molecule has 2 aromatic carbocycles. The summed E-state index contributed by atoms with van der Waals surface area (Å²) < 4.78 is 6.00. The van der Waals surface area contributed by atoms with Crippen LogP contribution in [0.15, 0.2) is 46.8 Å². The molecule has 1 aromatic heterocycles. The van der Waals surface area contributed by atoms with Crippen molar-refractivity contribution < 1.29 is 9.53 Å². The zero-order chi connectivity index (χ0) is 19.5. The first kappa shape index (κ1) is 19.0. The lowest BCUT2D eigenvalue weighted by atomic mass is 10.0. The fourth-order valence-electron chi connectivity index (χ4n) is 3.30. The number of fused-ring (bicyclic) bond motifs is 1. The van der Waals surface area contributed by atoms with E-state index in [1.807, 2.05) is 37.3 Å². The minimum atomic E-state index is -0.211. The van der Waals surface area contributed by atoms with E-state index in [-0.39, 0.29) is 11.0 Å². The van der Waals surface area contributed by atoms with Crippen molar-refractivity contribution in [2.45, 2.75) is 35.8 Å². The lowest BCUT2D eigenvalue weighted by Gasteiger charge is -2.09. The van der Waals surface area contributed by atoms with E-state index >= 15 is 0 Å². The molecule has 7 heteroatoms. The van der Waals surface area contributed by atoms with Crippen LogP contribution in [-0.2, 0) is 12.8 Å². The Morgan fingerprint density at radius 3 is 2.89 bits per heavy atom. The second-order valence-corrected chi connectivity index (χ2v) is 9.26. The Bertz CT molecular complexity index is 1000. The average molecular weight is 412 g/mol. The van der Waals surface area contributed by atoms with Crippen LogP contribution in [0, 0.1) is 0 Å².